The molecule has 248 valence electrons. The fourth-order valence-corrected chi connectivity index (χ4v) is 4.21. The molecule has 2 aliphatic heterocycles. The number of ether oxygens (including phenoxy) is 2. The summed E-state index contributed by atoms with van der Waals surface area (Å²) in [5, 5.41) is 11.3. The molecule has 46 heavy (non-hydrogen) atoms. The van der Waals surface area contributed by atoms with E-state index in [0.29, 0.717) is 36.5 Å². The van der Waals surface area contributed by atoms with E-state index in [-0.39, 0.29) is 23.6 Å². The van der Waals surface area contributed by atoms with Crippen molar-refractivity contribution in [1.82, 2.24) is 19.9 Å². The van der Waals surface area contributed by atoms with Gasteiger partial charge in [-0.05, 0) is 42.8 Å². The number of pyridine rings is 1. The van der Waals surface area contributed by atoms with Crippen molar-refractivity contribution in [3.05, 3.63) is 60.8 Å². The van der Waals surface area contributed by atoms with Gasteiger partial charge in [0.05, 0.1) is 20.3 Å². The van der Waals surface area contributed by atoms with Crippen LogP contribution in [0.2, 0.25) is 0 Å². The second kappa shape index (κ2) is 17.0. The number of benzene rings is 1. The van der Waals surface area contributed by atoms with Gasteiger partial charge in [-0.2, -0.15) is 23.1 Å². The highest BCUT2D eigenvalue weighted by atomic mass is 19.4. The van der Waals surface area contributed by atoms with Gasteiger partial charge in [0.25, 0.3) is 0 Å². The van der Waals surface area contributed by atoms with Crippen LogP contribution in [-0.4, -0.2) is 71.6 Å². The number of amides is 2. The van der Waals surface area contributed by atoms with Gasteiger partial charge in [-0.1, -0.05) is 33.4 Å². The lowest BCUT2D eigenvalue weighted by Crippen LogP contribution is -2.25. The third kappa shape index (κ3) is 10.3. The van der Waals surface area contributed by atoms with Gasteiger partial charge in [-0.25, -0.2) is 4.98 Å². The van der Waals surface area contributed by atoms with Crippen LogP contribution < -0.4 is 26.0 Å². The fourth-order valence-electron chi connectivity index (χ4n) is 4.21. The Bertz CT molecular complexity index is 1470. The Morgan fingerprint density at radius 2 is 1.85 bits per heavy atom. The fraction of sp³-hybridized carbons (Fsp3) is 0.387. The molecule has 2 fully saturated rings. The summed E-state index contributed by atoms with van der Waals surface area (Å²) in [4.78, 5) is 36.4. The summed E-state index contributed by atoms with van der Waals surface area (Å²) in [6.07, 6.45) is -1.43. The predicted molar refractivity (Wildman–Crippen MR) is 171 cm³/mol. The van der Waals surface area contributed by atoms with E-state index in [1.165, 1.54) is 19.2 Å². The van der Waals surface area contributed by atoms with E-state index in [2.05, 4.69) is 49.7 Å². The molecule has 3 aromatic rings. The molecule has 15 heteroatoms. The van der Waals surface area contributed by atoms with Crippen molar-refractivity contribution in [1.29, 1.82) is 0 Å². The molecule has 0 spiro atoms. The number of halogens is 3. The van der Waals surface area contributed by atoms with Crippen molar-refractivity contribution in [3.63, 3.8) is 0 Å². The molecule has 2 saturated heterocycles. The van der Waals surface area contributed by atoms with Crippen molar-refractivity contribution >= 4 is 47.0 Å². The van der Waals surface area contributed by atoms with Crippen LogP contribution in [0.5, 0.6) is 5.88 Å². The topological polar surface area (TPSA) is 143 Å². The Morgan fingerprint density at radius 1 is 1.13 bits per heavy atom. The Morgan fingerprint density at radius 3 is 2.43 bits per heavy atom. The van der Waals surface area contributed by atoms with Crippen molar-refractivity contribution in [2.24, 2.45) is 5.92 Å². The first-order valence-electron chi connectivity index (χ1n) is 14.7. The standard InChI is InChI=1S/C25H25F3N8O3.C4H8O.C2H6/c1-3-21(38)31-15-5-4-6-16(11-15)32-22-18(25(26,27)28)12-29-24(35-22)33-19-7-8-20(34-23(19)39-2)30-17-9-10-36(13-17)14-37;1-4-2-5-3-4;1-2/h3-8,11-12,14,17H,1,9-10,13H2,2H3,(H,30,34)(H,31,38)(H2,29,32,33,35);4H,2-3H2,1H3;1-2H3. The normalized spacial score (nSPS) is 15.5. The lowest BCUT2D eigenvalue weighted by molar-refractivity contribution is -0.137. The number of likely N-dealkylation sites (tertiary alicyclic amines) is 1. The van der Waals surface area contributed by atoms with Crippen LogP contribution >= 0.6 is 0 Å². The number of hydrogen-bond acceptors (Lipinski definition) is 10. The smallest absolute Gasteiger partial charge is 0.421 e. The molecule has 0 aliphatic carbocycles. The Labute approximate surface area is 265 Å². The summed E-state index contributed by atoms with van der Waals surface area (Å²) in [5.41, 5.74) is -0.156. The minimum Gasteiger partial charge on any atom is -0.479 e. The van der Waals surface area contributed by atoms with Gasteiger partial charge < -0.3 is 35.6 Å². The molecule has 0 radical (unpaired) electrons. The van der Waals surface area contributed by atoms with E-state index in [0.717, 1.165) is 38.0 Å². The Balaban J connectivity index is 0.000000737. The lowest BCUT2D eigenvalue weighted by atomic mass is 10.2. The van der Waals surface area contributed by atoms with Crippen molar-refractivity contribution in [3.8, 4) is 5.88 Å². The molecule has 1 aromatic carbocycles. The second-order valence-corrected chi connectivity index (χ2v) is 10.1. The first-order chi connectivity index (χ1) is 22.1. The first kappa shape index (κ1) is 35.6. The van der Waals surface area contributed by atoms with Gasteiger partial charge in [0.1, 0.15) is 22.9 Å². The molecule has 0 bridgehead atoms. The monoisotopic (exact) mass is 644 g/mol. The van der Waals surface area contributed by atoms with Crippen molar-refractivity contribution in [2.45, 2.75) is 39.4 Å². The highest BCUT2D eigenvalue weighted by Crippen LogP contribution is 2.36. The summed E-state index contributed by atoms with van der Waals surface area (Å²) in [6, 6.07) is 9.43. The van der Waals surface area contributed by atoms with Crippen LogP contribution in [0, 0.1) is 5.92 Å². The van der Waals surface area contributed by atoms with Crippen LogP contribution in [0.4, 0.5) is 47.8 Å². The van der Waals surface area contributed by atoms with Crippen LogP contribution in [0.15, 0.2) is 55.3 Å². The third-order valence-electron chi connectivity index (χ3n) is 6.50. The van der Waals surface area contributed by atoms with E-state index in [1.54, 1.807) is 29.2 Å². The molecule has 0 saturated carbocycles. The average molecular weight is 645 g/mol. The molecule has 4 heterocycles. The molecule has 5 rings (SSSR count). The maximum Gasteiger partial charge on any atom is 0.421 e. The van der Waals surface area contributed by atoms with Gasteiger partial charge in [-0.15, -0.1) is 0 Å². The van der Waals surface area contributed by atoms with E-state index in [9.17, 15) is 22.8 Å². The molecule has 1 atom stereocenters. The van der Waals surface area contributed by atoms with Gasteiger partial charge in [-0.3, -0.25) is 9.59 Å². The summed E-state index contributed by atoms with van der Waals surface area (Å²) in [7, 11) is 1.40. The summed E-state index contributed by atoms with van der Waals surface area (Å²) in [5.74, 6) is 0.406. The van der Waals surface area contributed by atoms with E-state index in [4.69, 9.17) is 9.47 Å². The first-order valence-corrected chi connectivity index (χ1v) is 14.7. The Kier molecular flexibility index (Phi) is 13.1. The Hall–Kier alpha value is -4.92. The van der Waals surface area contributed by atoms with Gasteiger partial charge in [0.2, 0.25) is 24.1 Å². The van der Waals surface area contributed by atoms with Gasteiger partial charge in [0, 0.05) is 42.6 Å². The number of hydrogen-bond donors (Lipinski definition) is 4. The number of methoxy groups -OCH3 is 1. The number of rotatable bonds is 10. The number of aromatic nitrogens is 3. The van der Waals surface area contributed by atoms with Crippen LogP contribution in [0.3, 0.4) is 0 Å². The molecule has 12 nitrogen and oxygen atoms in total. The zero-order valence-corrected chi connectivity index (χ0v) is 26.1. The number of nitrogens with one attached hydrogen (secondary N) is 4. The summed E-state index contributed by atoms with van der Waals surface area (Å²) in [6.45, 7) is 12.7. The largest absolute Gasteiger partial charge is 0.479 e. The average Bonchev–Trinajstić information content (AvgIpc) is 3.49. The summed E-state index contributed by atoms with van der Waals surface area (Å²) >= 11 is 0. The third-order valence-corrected chi connectivity index (χ3v) is 6.50. The predicted octanol–water partition coefficient (Wildman–Crippen LogP) is 5.83. The lowest BCUT2D eigenvalue weighted by Gasteiger charge is -2.20. The number of alkyl halides is 3. The highest BCUT2D eigenvalue weighted by Gasteiger charge is 2.35. The maximum atomic E-state index is 13.7. The molecule has 2 aliphatic rings. The van der Waals surface area contributed by atoms with Crippen molar-refractivity contribution in [2.75, 3.05) is 54.7 Å². The second-order valence-electron chi connectivity index (χ2n) is 10.1. The molecule has 2 aromatic heterocycles. The highest BCUT2D eigenvalue weighted by molar-refractivity contribution is 5.99. The minimum absolute atomic E-state index is 0.0293. The molecular weight excluding hydrogens is 605 g/mol. The van der Waals surface area contributed by atoms with Crippen LogP contribution in [0.1, 0.15) is 32.8 Å². The van der Waals surface area contributed by atoms with Gasteiger partial charge in [0.15, 0.2) is 0 Å². The van der Waals surface area contributed by atoms with Crippen molar-refractivity contribution < 1.29 is 32.2 Å². The molecule has 1 unspecified atom stereocenters. The zero-order chi connectivity index (χ0) is 33.7. The minimum atomic E-state index is -4.73. The SMILES string of the molecule is C=CC(=O)Nc1cccc(Nc2nc(Nc3ccc(NC4CCN(C=O)C4)nc3OC)ncc2C(F)(F)F)c1.CC.CC1COC1. The van der Waals surface area contributed by atoms with E-state index >= 15 is 0 Å². The van der Waals surface area contributed by atoms with Gasteiger partial charge >= 0.3 is 6.18 Å². The molecule has 4 N–H and O–H groups in total. The molecule has 2 amide bonds. The van der Waals surface area contributed by atoms with E-state index < -0.39 is 23.5 Å². The van der Waals surface area contributed by atoms with Crippen LogP contribution in [-0.2, 0) is 20.5 Å². The van der Waals surface area contributed by atoms with E-state index in [1.807, 2.05) is 13.8 Å². The zero-order valence-electron chi connectivity index (χ0n) is 26.1. The number of carbonyl (C=O) groups excluding carboxylic acids is 2. The number of carbonyl (C=O) groups is 2. The number of nitrogens with zero attached hydrogens (tertiary/aromatic N) is 4. The maximum absolute atomic E-state index is 13.7. The quantitative estimate of drug-likeness (QED) is 0.157. The van der Waals surface area contributed by atoms with Crippen LogP contribution in [0.25, 0.3) is 0 Å². The summed E-state index contributed by atoms with van der Waals surface area (Å²) < 4.78 is 51.3. The number of anilines is 6. The molecular formula is C31H39F3N8O4.